The van der Waals surface area contributed by atoms with E-state index in [2.05, 4.69) is 34.1 Å². The van der Waals surface area contributed by atoms with E-state index in [9.17, 15) is 0 Å². The Bertz CT molecular complexity index is 422. The zero-order chi connectivity index (χ0) is 10.9. The second kappa shape index (κ2) is 3.96. The number of hydrogen-bond acceptors (Lipinski definition) is 2. The van der Waals surface area contributed by atoms with E-state index in [0.717, 1.165) is 29.3 Å². The van der Waals surface area contributed by atoms with Gasteiger partial charge in [-0.1, -0.05) is 22.0 Å². The Labute approximate surface area is 98.2 Å². The number of benzene rings is 1. The monoisotopic (exact) mass is 264 g/mol. The number of aryl methyl sites for hydroxylation is 1. The zero-order valence-electron chi connectivity index (χ0n) is 8.46. The molecule has 0 aromatic heterocycles. The second-order valence-electron chi connectivity index (χ2n) is 4.15. The Balaban J connectivity index is 2.47. The van der Waals surface area contributed by atoms with Crippen molar-refractivity contribution in [2.45, 2.75) is 31.2 Å². The van der Waals surface area contributed by atoms with Crippen molar-refractivity contribution in [1.29, 1.82) is 5.26 Å². The molecule has 0 bridgehead atoms. The maximum atomic E-state index is 8.82. The van der Waals surface area contributed by atoms with Crippen LogP contribution in [0.3, 0.4) is 0 Å². The SMILES string of the molecule is N#CCC1(N)CCCc2cc(Br)ccc21. The van der Waals surface area contributed by atoms with Crippen LogP contribution in [-0.4, -0.2) is 0 Å². The highest BCUT2D eigenvalue weighted by Gasteiger charge is 2.32. The fraction of sp³-hybridized carbons (Fsp3) is 0.417. The Morgan fingerprint density at radius 3 is 3.07 bits per heavy atom. The van der Waals surface area contributed by atoms with Crippen LogP contribution in [0.25, 0.3) is 0 Å². The third-order valence-electron chi connectivity index (χ3n) is 3.07. The zero-order valence-corrected chi connectivity index (χ0v) is 10.0. The van der Waals surface area contributed by atoms with Gasteiger partial charge in [0.25, 0.3) is 0 Å². The van der Waals surface area contributed by atoms with E-state index in [1.54, 1.807) is 0 Å². The number of rotatable bonds is 1. The third-order valence-corrected chi connectivity index (χ3v) is 3.56. The molecule has 15 heavy (non-hydrogen) atoms. The minimum atomic E-state index is -0.428. The van der Waals surface area contributed by atoms with Gasteiger partial charge >= 0.3 is 0 Å². The van der Waals surface area contributed by atoms with Gasteiger partial charge in [-0.2, -0.15) is 5.26 Å². The number of nitrogens with zero attached hydrogens (tertiary/aromatic N) is 1. The van der Waals surface area contributed by atoms with Crippen molar-refractivity contribution in [1.82, 2.24) is 0 Å². The molecule has 0 saturated heterocycles. The van der Waals surface area contributed by atoms with Gasteiger partial charge in [0.2, 0.25) is 0 Å². The quantitative estimate of drug-likeness (QED) is 0.848. The maximum absolute atomic E-state index is 8.82. The van der Waals surface area contributed by atoms with E-state index >= 15 is 0 Å². The largest absolute Gasteiger partial charge is 0.321 e. The first kappa shape index (κ1) is 10.7. The van der Waals surface area contributed by atoms with Gasteiger partial charge in [0.05, 0.1) is 18.0 Å². The number of nitrogens with two attached hydrogens (primary N) is 1. The minimum Gasteiger partial charge on any atom is -0.321 e. The molecule has 1 aromatic carbocycles. The Morgan fingerprint density at radius 1 is 1.53 bits per heavy atom. The van der Waals surface area contributed by atoms with Crippen LogP contribution in [0.2, 0.25) is 0 Å². The summed E-state index contributed by atoms with van der Waals surface area (Å²) in [6.45, 7) is 0. The predicted octanol–water partition coefficient (Wildman–Crippen LogP) is 2.85. The summed E-state index contributed by atoms with van der Waals surface area (Å²) in [7, 11) is 0. The molecule has 2 N–H and O–H groups in total. The van der Waals surface area contributed by atoms with Crippen molar-refractivity contribution in [3.63, 3.8) is 0 Å². The van der Waals surface area contributed by atoms with E-state index in [1.807, 2.05) is 6.07 Å². The summed E-state index contributed by atoms with van der Waals surface area (Å²) in [5, 5.41) is 8.82. The lowest BCUT2D eigenvalue weighted by atomic mass is 9.75. The van der Waals surface area contributed by atoms with Gasteiger partial charge in [-0.05, 0) is 42.5 Å². The molecular formula is C12H13BrN2. The van der Waals surface area contributed by atoms with Gasteiger partial charge in [-0.15, -0.1) is 0 Å². The summed E-state index contributed by atoms with van der Waals surface area (Å²) >= 11 is 3.46. The Kier molecular flexibility index (Phi) is 2.81. The van der Waals surface area contributed by atoms with Crippen LogP contribution < -0.4 is 5.73 Å². The van der Waals surface area contributed by atoms with Gasteiger partial charge in [0.15, 0.2) is 0 Å². The van der Waals surface area contributed by atoms with Gasteiger partial charge in [-0.3, -0.25) is 0 Å². The van der Waals surface area contributed by atoms with E-state index in [0.29, 0.717) is 6.42 Å². The molecule has 0 aliphatic heterocycles. The van der Waals surface area contributed by atoms with Crippen molar-refractivity contribution in [2.24, 2.45) is 5.73 Å². The van der Waals surface area contributed by atoms with Crippen molar-refractivity contribution in [3.05, 3.63) is 33.8 Å². The number of nitriles is 1. The fourth-order valence-corrected chi connectivity index (χ4v) is 2.72. The van der Waals surface area contributed by atoms with Gasteiger partial charge < -0.3 is 5.73 Å². The van der Waals surface area contributed by atoms with Crippen molar-refractivity contribution in [3.8, 4) is 6.07 Å². The van der Waals surface area contributed by atoms with Crippen molar-refractivity contribution < 1.29 is 0 Å². The topological polar surface area (TPSA) is 49.8 Å². The molecular weight excluding hydrogens is 252 g/mol. The number of halogens is 1. The van der Waals surface area contributed by atoms with Crippen LogP contribution in [0, 0.1) is 11.3 Å². The summed E-state index contributed by atoms with van der Waals surface area (Å²) in [4.78, 5) is 0. The smallest absolute Gasteiger partial charge is 0.0644 e. The van der Waals surface area contributed by atoms with E-state index in [-0.39, 0.29) is 0 Å². The van der Waals surface area contributed by atoms with Crippen LogP contribution in [0.5, 0.6) is 0 Å². The van der Waals surface area contributed by atoms with Gasteiger partial charge in [-0.25, -0.2) is 0 Å². The molecule has 1 atom stereocenters. The number of fused-ring (bicyclic) bond motifs is 1. The molecule has 0 fully saturated rings. The van der Waals surface area contributed by atoms with Gasteiger partial charge in [0, 0.05) is 4.47 Å². The summed E-state index contributed by atoms with van der Waals surface area (Å²) in [5.41, 5.74) is 8.30. The predicted molar refractivity (Wildman–Crippen MR) is 63.2 cm³/mol. The summed E-state index contributed by atoms with van der Waals surface area (Å²) in [6.07, 6.45) is 3.46. The molecule has 1 aromatic rings. The fourth-order valence-electron chi connectivity index (χ4n) is 2.31. The summed E-state index contributed by atoms with van der Waals surface area (Å²) in [6, 6.07) is 8.37. The van der Waals surface area contributed by atoms with Crippen LogP contribution in [-0.2, 0) is 12.0 Å². The summed E-state index contributed by atoms with van der Waals surface area (Å²) < 4.78 is 1.09. The molecule has 0 saturated carbocycles. The molecule has 0 radical (unpaired) electrons. The molecule has 78 valence electrons. The van der Waals surface area contributed by atoms with Crippen LogP contribution in [0.4, 0.5) is 0 Å². The Hall–Kier alpha value is -0.850. The molecule has 0 heterocycles. The first-order chi connectivity index (χ1) is 7.15. The molecule has 2 rings (SSSR count). The molecule has 0 spiro atoms. The molecule has 1 unspecified atom stereocenters. The van der Waals surface area contributed by atoms with E-state index in [4.69, 9.17) is 11.0 Å². The molecule has 2 nitrogen and oxygen atoms in total. The molecule has 1 aliphatic carbocycles. The van der Waals surface area contributed by atoms with Crippen molar-refractivity contribution >= 4 is 15.9 Å². The first-order valence-electron chi connectivity index (χ1n) is 5.10. The maximum Gasteiger partial charge on any atom is 0.0644 e. The third kappa shape index (κ3) is 1.92. The standard InChI is InChI=1S/C12H13BrN2/c13-10-3-4-11-9(8-10)2-1-5-12(11,15)6-7-14/h3-4,8H,1-2,5-6,15H2. The lowest BCUT2D eigenvalue weighted by Crippen LogP contribution is -2.39. The van der Waals surface area contributed by atoms with E-state index < -0.39 is 5.54 Å². The normalized spacial score (nSPS) is 24.3. The average molecular weight is 265 g/mol. The van der Waals surface area contributed by atoms with Crippen LogP contribution in [0.15, 0.2) is 22.7 Å². The van der Waals surface area contributed by atoms with Crippen LogP contribution in [0.1, 0.15) is 30.4 Å². The van der Waals surface area contributed by atoms with E-state index in [1.165, 1.54) is 5.56 Å². The highest BCUT2D eigenvalue weighted by Crippen LogP contribution is 2.36. The van der Waals surface area contributed by atoms with Crippen molar-refractivity contribution in [2.75, 3.05) is 0 Å². The summed E-state index contributed by atoms with van der Waals surface area (Å²) in [5.74, 6) is 0. The minimum absolute atomic E-state index is 0.404. The molecule has 1 aliphatic rings. The lowest BCUT2D eigenvalue weighted by molar-refractivity contribution is 0.379. The molecule has 3 heteroatoms. The second-order valence-corrected chi connectivity index (χ2v) is 5.06. The highest BCUT2D eigenvalue weighted by molar-refractivity contribution is 9.10. The average Bonchev–Trinajstić information content (AvgIpc) is 2.17. The first-order valence-corrected chi connectivity index (χ1v) is 5.90. The molecule has 0 amide bonds. The number of hydrogen-bond donors (Lipinski definition) is 1. The lowest BCUT2D eigenvalue weighted by Gasteiger charge is -2.34. The van der Waals surface area contributed by atoms with Gasteiger partial charge in [0.1, 0.15) is 0 Å². The Morgan fingerprint density at radius 2 is 2.33 bits per heavy atom. The highest BCUT2D eigenvalue weighted by atomic mass is 79.9. The van der Waals surface area contributed by atoms with Crippen LogP contribution >= 0.6 is 15.9 Å².